The van der Waals surface area contributed by atoms with Gasteiger partial charge in [0.25, 0.3) is 0 Å². The lowest BCUT2D eigenvalue weighted by atomic mass is 10.1. The first-order valence-corrected chi connectivity index (χ1v) is 7.19. The summed E-state index contributed by atoms with van der Waals surface area (Å²) in [5.74, 6) is 2.16. The van der Waals surface area contributed by atoms with Gasteiger partial charge in [-0.1, -0.05) is 24.3 Å². The second kappa shape index (κ2) is 5.57. The average molecular weight is 256 g/mol. The van der Waals surface area contributed by atoms with E-state index in [4.69, 9.17) is 0 Å². The Bertz CT molecular complexity index is 540. The van der Waals surface area contributed by atoms with Crippen molar-refractivity contribution in [1.29, 1.82) is 0 Å². The normalized spacial score (nSPS) is 14.8. The molecule has 1 aliphatic carbocycles. The lowest BCUT2D eigenvalue weighted by Gasteiger charge is -2.09. The maximum absolute atomic E-state index is 4.49. The maximum Gasteiger partial charge on any atom is 0.164 e. The van der Waals surface area contributed by atoms with Crippen molar-refractivity contribution in [3.8, 4) is 0 Å². The van der Waals surface area contributed by atoms with Crippen molar-refractivity contribution in [3.63, 3.8) is 0 Å². The third kappa shape index (κ3) is 3.24. The highest BCUT2D eigenvalue weighted by atomic mass is 15.1. The van der Waals surface area contributed by atoms with Gasteiger partial charge in [0.15, 0.2) is 5.82 Å². The number of benzene rings is 1. The van der Waals surface area contributed by atoms with Gasteiger partial charge in [-0.15, -0.1) is 0 Å². The minimum atomic E-state index is 0.930. The number of aromatic nitrogens is 2. The molecule has 0 radical (unpaired) electrons. The van der Waals surface area contributed by atoms with Gasteiger partial charge in [-0.05, 0) is 30.9 Å². The molecule has 0 saturated heterocycles. The Labute approximate surface area is 114 Å². The summed E-state index contributed by atoms with van der Waals surface area (Å²) in [5, 5.41) is 2.40. The maximum atomic E-state index is 4.49. The van der Waals surface area contributed by atoms with Crippen molar-refractivity contribution in [3.05, 3.63) is 53.6 Å². The van der Waals surface area contributed by atoms with Gasteiger partial charge < -0.3 is 9.88 Å². The predicted octanol–water partition coefficient (Wildman–Crippen LogP) is 1.71. The molecule has 0 aliphatic heterocycles. The number of hydrogen-bond donors (Lipinski definition) is 1. The number of quaternary nitrogens is 1. The van der Waals surface area contributed by atoms with Gasteiger partial charge in [0.05, 0.1) is 6.54 Å². The Balaban J connectivity index is 1.64. The molecule has 0 unspecified atom stereocenters. The molecule has 0 atom stereocenters. The first-order valence-electron chi connectivity index (χ1n) is 7.19. The molecular formula is C16H22N3+. The summed E-state index contributed by atoms with van der Waals surface area (Å²) in [7, 11) is 0. The van der Waals surface area contributed by atoms with E-state index in [1.165, 1.54) is 36.3 Å². The Morgan fingerprint density at radius 2 is 2.16 bits per heavy atom. The van der Waals surface area contributed by atoms with Gasteiger partial charge in [0, 0.05) is 24.9 Å². The van der Waals surface area contributed by atoms with E-state index < -0.39 is 0 Å². The highest BCUT2D eigenvalue weighted by Gasteiger charge is 2.23. The minimum absolute atomic E-state index is 0.930. The molecule has 2 aromatic rings. The third-order valence-electron chi connectivity index (χ3n) is 3.93. The Morgan fingerprint density at radius 1 is 1.32 bits per heavy atom. The van der Waals surface area contributed by atoms with E-state index in [0.29, 0.717) is 0 Å². The molecule has 100 valence electrons. The Hall–Kier alpha value is -1.61. The summed E-state index contributed by atoms with van der Waals surface area (Å²) in [6.07, 6.45) is 6.85. The summed E-state index contributed by atoms with van der Waals surface area (Å²) in [5.41, 5.74) is 2.73. The molecule has 3 heteroatoms. The monoisotopic (exact) mass is 256 g/mol. The predicted molar refractivity (Wildman–Crippen MR) is 75.7 cm³/mol. The first kappa shape index (κ1) is 12.4. The van der Waals surface area contributed by atoms with Gasteiger partial charge in [0.1, 0.15) is 6.54 Å². The van der Waals surface area contributed by atoms with Crippen LogP contribution >= 0.6 is 0 Å². The Kier molecular flexibility index (Phi) is 3.65. The topological polar surface area (TPSA) is 34.4 Å². The lowest BCUT2D eigenvalue weighted by Crippen LogP contribution is -2.83. The van der Waals surface area contributed by atoms with Crippen molar-refractivity contribution in [2.45, 2.75) is 32.9 Å². The smallest absolute Gasteiger partial charge is 0.164 e. The van der Waals surface area contributed by atoms with E-state index in [-0.39, 0.29) is 0 Å². The largest absolute Gasteiger partial charge is 0.340 e. The van der Waals surface area contributed by atoms with Crippen molar-refractivity contribution in [2.24, 2.45) is 5.92 Å². The molecule has 1 aromatic carbocycles. The molecule has 0 amide bonds. The molecule has 1 saturated carbocycles. The van der Waals surface area contributed by atoms with E-state index >= 15 is 0 Å². The van der Waals surface area contributed by atoms with E-state index in [1.54, 1.807) is 0 Å². The van der Waals surface area contributed by atoms with Gasteiger partial charge in [-0.2, -0.15) is 0 Å². The zero-order chi connectivity index (χ0) is 13.1. The summed E-state index contributed by atoms with van der Waals surface area (Å²) in [6.45, 7) is 5.36. The van der Waals surface area contributed by atoms with Gasteiger partial charge >= 0.3 is 0 Å². The first-order chi connectivity index (χ1) is 9.33. The van der Waals surface area contributed by atoms with E-state index in [1.807, 2.05) is 6.20 Å². The van der Waals surface area contributed by atoms with Crippen LogP contribution in [0.3, 0.4) is 0 Å². The van der Waals surface area contributed by atoms with E-state index in [9.17, 15) is 0 Å². The number of nitrogens with two attached hydrogens (primary N) is 1. The fourth-order valence-corrected chi connectivity index (χ4v) is 2.45. The number of hydrogen-bond acceptors (Lipinski definition) is 1. The van der Waals surface area contributed by atoms with Crippen LogP contribution in [-0.4, -0.2) is 16.1 Å². The molecule has 19 heavy (non-hydrogen) atoms. The molecule has 1 aromatic heterocycles. The van der Waals surface area contributed by atoms with Gasteiger partial charge in [0.2, 0.25) is 0 Å². The van der Waals surface area contributed by atoms with E-state index in [0.717, 1.165) is 19.0 Å². The molecule has 1 fully saturated rings. The molecular weight excluding hydrogens is 234 g/mol. The number of imidazole rings is 1. The van der Waals surface area contributed by atoms with Crippen LogP contribution < -0.4 is 5.32 Å². The SMILES string of the molecule is Cc1ccccc1Cn1ccnc1C[NH2+]CC1CC1. The van der Waals surface area contributed by atoms with E-state index in [2.05, 4.69) is 52.3 Å². The minimum Gasteiger partial charge on any atom is -0.340 e. The van der Waals surface area contributed by atoms with Crippen molar-refractivity contribution >= 4 is 0 Å². The van der Waals surface area contributed by atoms with Crippen molar-refractivity contribution < 1.29 is 5.32 Å². The van der Waals surface area contributed by atoms with Gasteiger partial charge in [-0.25, -0.2) is 4.98 Å². The number of nitrogens with zero attached hydrogens (tertiary/aromatic N) is 2. The van der Waals surface area contributed by atoms with Crippen LogP contribution in [0.4, 0.5) is 0 Å². The summed E-state index contributed by atoms with van der Waals surface area (Å²) >= 11 is 0. The summed E-state index contributed by atoms with van der Waals surface area (Å²) < 4.78 is 2.27. The van der Waals surface area contributed by atoms with Crippen molar-refractivity contribution in [2.75, 3.05) is 6.54 Å². The second-order valence-electron chi connectivity index (χ2n) is 5.57. The zero-order valence-electron chi connectivity index (χ0n) is 11.5. The highest BCUT2D eigenvalue weighted by molar-refractivity contribution is 5.26. The molecule has 2 N–H and O–H groups in total. The van der Waals surface area contributed by atoms with Crippen LogP contribution in [0.5, 0.6) is 0 Å². The van der Waals surface area contributed by atoms with Crippen LogP contribution in [0.2, 0.25) is 0 Å². The fourth-order valence-electron chi connectivity index (χ4n) is 2.45. The van der Waals surface area contributed by atoms with Crippen LogP contribution in [0.1, 0.15) is 29.8 Å². The number of rotatable bonds is 6. The van der Waals surface area contributed by atoms with Crippen molar-refractivity contribution in [1.82, 2.24) is 9.55 Å². The van der Waals surface area contributed by atoms with Crippen LogP contribution in [0.25, 0.3) is 0 Å². The fraction of sp³-hybridized carbons (Fsp3) is 0.438. The van der Waals surface area contributed by atoms with Crippen LogP contribution in [0.15, 0.2) is 36.7 Å². The van der Waals surface area contributed by atoms with Gasteiger partial charge in [-0.3, -0.25) is 0 Å². The molecule has 0 spiro atoms. The summed E-state index contributed by atoms with van der Waals surface area (Å²) in [4.78, 5) is 4.49. The zero-order valence-corrected chi connectivity index (χ0v) is 11.5. The molecule has 0 bridgehead atoms. The summed E-state index contributed by atoms with van der Waals surface area (Å²) in [6, 6.07) is 8.58. The lowest BCUT2D eigenvalue weighted by molar-refractivity contribution is -0.674. The second-order valence-corrected chi connectivity index (χ2v) is 5.57. The Morgan fingerprint density at radius 3 is 2.95 bits per heavy atom. The standard InChI is InChI=1S/C16H21N3/c1-13-4-2-3-5-15(13)12-19-9-8-18-16(19)11-17-10-14-6-7-14/h2-5,8-9,14,17H,6-7,10-12H2,1H3/p+1. The van der Waals surface area contributed by atoms with Crippen LogP contribution in [0, 0.1) is 12.8 Å². The number of aryl methyl sites for hydroxylation is 1. The quantitative estimate of drug-likeness (QED) is 0.839. The molecule has 1 aliphatic rings. The molecule has 3 rings (SSSR count). The van der Waals surface area contributed by atoms with Crippen LogP contribution in [-0.2, 0) is 13.1 Å². The third-order valence-corrected chi connectivity index (χ3v) is 3.93. The molecule has 1 heterocycles. The average Bonchev–Trinajstić information content (AvgIpc) is 3.13. The highest BCUT2D eigenvalue weighted by Crippen LogP contribution is 2.26. The molecule has 3 nitrogen and oxygen atoms in total.